The molecule has 4 aromatic rings. The third kappa shape index (κ3) is 4.92. The van der Waals surface area contributed by atoms with Gasteiger partial charge in [0.15, 0.2) is 0 Å². The van der Waals surface area contributed by atoms with Crippen molar-refractivity contribution in [1.82, 2.24) is 8.88 Å². The molecular formula is C36H46N2O3P2Se. The summed E-state index contributed by atoms with van der Waals surface area (Å²) in [6, 6.07) is 19.1. The second kappa shape index (κ2) is 9.88. The summed E-state index contributed by atoms with van der Waals surface area (Å²) in [7, 11) is -3.58. The molecule has 0 amide bonds. The molecule has 0 saturated carbocycles. The molecule has 4 aromatic carbocycles. The molecule has 1 fully saturated rings. The summed E-state index contributed by atoms with van der Waals surface area (Å²) in [5.74, 6) is 1.38. The molecule has 0 radical (unpaired) electrons. The number of hydrogen-bond acceptors (Lipinski definition) is 5. The Morgan fingerprint density at radius 2 is 1.02 bits per heavy atom. The maximum atomic E-state index is 15.4. The van der Waals surface area contributed by atoms with Gasteiger partial charge in [0.2, 0.25) is 0 Å². The van der Waals surface area contributed by atoms with Crippen LogP contribution in [0.5, 0.6) is 11.5 Å². The molecule has 7 rings (SSSR count). The Bertz CT molecular complexity index is 1850. The van der Waals surface area contributed by atoms with Gasteiger partial charge in [-0.1, -0.05) is 0 Å². The average molecular weight is 696 g/mol. The standard InChI is InChI=1S/C36H46N2O3P2Se/c1-33(2,3)25-15-17-27-23(21-25)13-19-29-31(27)32-28-18-16-26(34(4,5)6)22-24(28)14-20-30(32)41-43(44)37(35(7,8)9)42(39,40-29)38(43)36(10,11)12/h13-22H,1-12H3. The van der Waals surface area contributed by atoms with E-state index >= 15 is 4.89 Å². The van der Waals surface area contributed by atoms with Crippen molar-refractivity contribution >= 4 is 50.7 Å². The second-order valence-electron chi connectivity index (χ2n) is 16.3. The summed E-state index contributed by atoms with van der Waals surface area (Å²) in [5.41, 5.74) is 3.48. The summed E-state index contributed by atoms with van der Waals surface area (Å²) in [5, 5.41) is 4.39. The van der Waals surface area contributed by atoms with Gasteiger partial charge >= 0.3 is 273 Å². The zero-order chi connectivity index (χ0) is 32.4. The van der Waals surface area contributed by atoms with Crippen LogP contribution in [0.1, 0.15) is 94.2 Å². The zero-order valence-electron chi connectivity index (χ0n) is 28.2. The molecule has 0 aliphatic carbocycles. The van der Waals surface area contributed by atoms with E-state index in [0.717, 1.165) is 38.4 Å². The van der Waals surface area contributed by atoms with Crippen LogP contribution in [0.15, 0.2) is 60.7 Å². The van der Waals surface area contributed by atoms with Gasteiger partial charge in [-0.3, -0.25) is 0 Å². The number of rotatable bonds is 0. The van der Waals surface area contributed by atoms with Crippen LogP contribution in [0, 0.1) is 0 Å². The molecule has 5 nitrogen and oxygen atoms in total. The second-order valence-corrected chi connectivity index (χ2v) is 23.9. The normalized spacial score (nSPS) is 23.1. The monoisotopic (exact) mass is 696 g/mol. The van der Waals surface area contributed by atoms with Gasteiger partial charge in [-0.2, -0.15) is 0 Å². The molecule has 3 heterocycles. The van der Waals surface area contributed by atoms with Gasteiger partial charge < -0.3 is 0 Å². The van der Waals surface area contributed by atoms with Crippen LogP contribution in [-0.2, 0) is 10.8 Å². The van der Waals surface area contributed by atoms with Crippen LogP contribution in [0.25, 0.3) is 32.7 Å². The molecule has 0 spiro atoms. The SMILES string of the molecule is CC(C)(C)c1ccc2c3c(ccc2c1)OP1(=[Se])N(C(C)(C)C)[P+]([O-])(Oc2ccc4cc(C(C)(C)C)ccc4c2-3)N1C(C)(C)C. The molecule has 3 aliphatic heterocycles. The van der Waals surface area contributed by atoms with Gasteiger partial charge in [0.05, 0.1) is 0 Å². The molecular weight excluding hydrogens is 649 g/mol. The predicted molar refractivity (Wildman–Crippen MR) is 188 cm³/mol. The third-order valence-corrected chi connectivity index (χ3v) is 20.7. The molecule has 0 aromatic heterocycles. The van der Waals surface area contributed by atoms with E-state index in [4.69, 9.17) is 9.05 Å². The molecule has 44 heavy (non-hydrogen) atoms. The van der Waals surface area contributed by atoms with Crippen molar-refractivity contribution in [2.24, 2.45) is 0 Å². The Hall–Kier alpha value is -1.74. The van der Waals surface area contributed by atoms with Crippen molar-refractivity contribution in [2.75, 3.05) is 0 Å². The minimum atomic E-state index is -3.58. The van der Waals surface area contributed by atoms with Crippen LogP contribution < -0.4 is 13.9 Å². The first-order valence-electron chi connectivity index (χ1n) is 15.4. The van der Waals surface area contributed by atoms with Gasteiger partial charge in [-0.05, 0) is 0 Å². The van der Waals surface area contributed by atoms with Crippen LogP contribution in [0.2, 0.25) is 0 Å². The Balaban J connectivity index is 1.76. The van der Waals surface area contributed by atoms with E-state index in [1.807, 2.05) is 14.9 Å². The Labute approximate surface area is 272 Å². The van der Waals surface area contributed by atoms with E-state index in [-0.39, 0.29) is 10.8 Å². The summed E-state index contributed by atoms with van der Waals surface area (Å²) in [6.45, 7) is 25.9. The molecule has 0 atom stereocenters. The van der Waals surface area contributed by atoms with Crippen LogP contribution in [0.3, 0.4) is 0 Å². The first-order chi connectivity index (χ1) is 20.1. The fourth-order valence-electron chi connectivity index (χ4n) is 6.56. The fraction of sp³-hybridized carbons (Fsp3) is 0.444. The molecule has 1 saturated heterocycles. The summed E-state index contributed by atoms with van der Waals surface area (Å²) >= 11 is 3.45. The number of fused-ring (bicyclic) bond motifs is 2. The van der Waals surface area contributed by atoms with Gasteiger partial charge in [-0.25, -0.2) is 0 Å². The number of benzene rings is 4. The molecule has 0 unspecified atom stereocenters. The van der Waals surface area contributed by atoms with E-state index in [1.54, 1.807) is 0 Å². The zero-order valence-corrected chi connectivity index (χ0v) is 31.7. The first-order valence-corrected chi connectivity index (χ1v) is 20.8. The van der Waals surface area contributed by atoms with Crippen LogP contribution >= 0.6 is 14.1 Å². The molecule has 234 valence electrons. The minimum absolute atomic E-state index is 0.00465. The van der Waals surface area contributed by atoms with Crippen molar-refractivity contribution in [3.05, 3.63) is 71.8 Å². The van der Waals surface area contributed by atoms with E-state index in [2.05, 4.69) is 153 Å². The van der Waals surface area contributed by atoms with Gasteiger partial charge in [0, 0.05) is 0 Å². The molecule has 8 heteroatoms. The summed E-state index contributed by atoms with van der Waals surface area (Å²) in [6.07, 6.45) is 0. The first kappa shape index (κ1) is 32.2. The maximum absolute atomic E-state index is 15.4. The van der Waals surface area contributed by atoms with Crippen molar-refractivity contribution < 1.29 is 13.9 Å². The van der Waals surface area contributed by atoms with E-state index in [0.29, 0.717) is 5.75 Å². The van der Waals surface area contributed by atoms with Crippen molar-refractivity contribution in [2.45, 2.75) is 105 Å². The van der Waals surface area contributed by atoms with Crippen LogP contribution in [0.4, 0.5) is 0 Å². The van der Waals surface area contributed by atoms with Crippen LogP contribution in [-0.4, -0.2) is 35.1 Å². The van der Waals surface area contributed by atoms with E-state index < -0.39 is 25.1 Å². The quantitative estimate of drug-likeness (QED) is 0.135. The predicted octanol–water partition coefficient (Wildman–Crippen LogP) is 10.1. The van der Waals surface area contributed by atoms with Gasteiger partial charge in [-0.15, -0.1) is 0 Å². The topological polar surface area (TPSA) is 48.0 Å². The molecule has 0 N–H and O–H groups in total. The summed E-state index contributed by atoms with van der Waals surface area (Å²) < 4.78 is 18.2. The Kier molecular flexibility index (Phi) is 7.23. The third-order valence-electron chi connectivity index (χ3n) is 8.54. The van der Waals surface area contributed by atoms with E-state index in [9.17, 15) is 0 Å². The van der Waals surface area contributed by atoms with Crippen molar-refractivity contribution in [3.8, 4) is 22.6 Å². The van der Waals surface area contributed by atoms with Crippen molar-refractivity contribution in [3.63, 3.8) is 0 Å². The van der Waals surface area contributed by atoms with Gasteiger partial charge in [0.1, 0.15) is 0 Å². The molecule has 2 bridgehead atoms. The number of hydrogen-bond donors (Lipinski definition) is 0. The number of nitrogens with zero attached hydrogens (tertiary/aromatic N) is 2. The van der Waals surface area contributed by atoms with Crippen molar-refractivity contribution in [1.29, 1.82) is 0 Å². The average Bonchev–Trinajstić information content (AvgIpc) is 2.91. The van der Waals surface area contributed by atoms with Gasteiger partial charge in [0.25, 0.3) is 0 Å². The van der Waals surface area contributed by atoms with E-state index in [1.165, 1.54) is 11.1 Å². The Morgan fingerprint density at radius 3 is 1.43 bits per heavy atom. The molecule has 3 aliphatic rings. The summed E-state index contributed by atoms with van der Waals surface area (Å²) in [4.78, 5) is 15.4. The Morgan fingerprint density at radius 1 is 0.614 bits per heavy atom. The fourth-order valence-corrected chi connectivity index (χ4v) is 21.3.